The van der Waals surface area contributed by atoms with Gasteiger partial charge in [0.25, 0.3) is 5.91 Å². The fourth-order valence-corrected chi connectivity index (χ4v) is 4.30. The molecule has 10 heteroatoms. The van der Waals surface area contributed by atoms with Gasteiger partial charge in [-0.25, -0.2) is 4.98 Å². The maximum Gasteiger partial charge on any atom is 0.254 e. The van der Waals surface area contributed by atoms with E-state index >= 15 is 0 Å². The van der Waals surface area contributed by atoms with Crippen molar-refractivity contribution in [3.8, 4) is 0 Å². The van der Waals surface area contributed by atoms with Gasteiger partial charge in [-0.15, -0.1) is 11.3 Å². The molecule has 1 aromatic heterocycles. The maximum absolute atomic E-state index is 12.8. The second kappa shape index (κ2) is 12.4. The average molecular weight is 474 g/mol. The van der Waals surface area contributed by atoms with E-state index in [9.17, 15) is 14.4 Å². The van der Waals surface area contributed by atoms with Gasteiger partial charge in [-0.05, 0) is 18.7 Å². The van der Waals surface area contributed by atoms with Gasteiger partial charge in [-0.3, -0.25) is 14.4 Å². The van der Waals surface area contributed by atoms with Crippen LogP contribution in [0.2, 0.25) is 0 Å². The van der Waals surface area contributed by atoms with Crippen LogP contribution >= 0.6 is 11.3 Å². The number of amides is 3. The van der Waals surface area contributed by atoms with Gasteiger partial charge in [0, 0.05) is 50.8 Å². The van der Waals surface area contributed by atoms with Gasteiger partial charge in [0.1, 0.15) is 6.54 Å². The van der Waals surface area contributed by atoms with E-state index in [0.29, 0.717) is 29.5 Å². The lowest BCUT2D eigenvalue weighted by Crippen LogP contribution is -2.48. The average Bonchev–Trinajstić information content (AvgIpc) is 3.28. The van der Waals surface area contributed by atoms with Crippen LogP contribution in [-0.4, -0.2) is 96.9 Å². The highest BCUT2D eigenvalue weighted by Crippen LogP contribution is 2.17. The van der Waals surface area contributed by atoms with Crippen LogP contribution in [0.5, 0.6) is 0 Å². The minimum Gasteiger partial charge on any atom is -0.383 e. The molecule has 1 saturated heterocycles. The maximum atomic E-state index is 12.8. The molecule has 9 nitrogen and oxygen atoms in total. The van der Waals surface area contributed by atoms with E-state index in [0.717, 1.165) is 32.7 Å². The third kappa shape index (κ3) is 7.34. The molecule has 0 aliphatic carbocycles. The fraction of sp³-hybridized carbons (Fsp3) is 0.478. The first-order valence-corrected chi connectivity index (χ1v) is 12.0. The van der Waals surface area contributed by atoms with Gasteiger partial charge < -0.3 is 24.8 Å². The Balaban J connectivity index is 1.53. The van der Waals surface area contributed by atoms with Crippen LogP contribution in [0, 0.1) is 0 Å². The first-order valence-electron chi connectivity index (χ1n) is 11.1. The molecule has 2 aromatic rings. The van der Waals surface area contributed by atoms with E-state index in [2.05, 4.69) is 22.1 Å². The molecule has 0 radical (unpaired) electrons. The van der Waals surface area contributed by atoms with E-state index in [-0.39, 0.29) is 30.7 Å². The minimum atomic E-state index is -0.349. The van der Waals surface area contributed by atoms with E-state index in [1.54, 1.807) is 36.8 Å². The first-order chi connectivity index (χ1) is 16.0. The van der Waals surface area contributed by atoms with Crippen LogP contribution in [0.25, 0.3) is 0 Å². The molecule has 0 atom stereocenters. The molecule has 0 saturated carbocycles. The van der Waals surface area contributed by atoms with Gasteiger partial charge in [-0.2, -0.15) is 0 Å². The lowest BCUT2D eigenvalue weighted by molar-refractivity contribution is -0.132. The third-order valence-corrected chi connectivity index (χ3v) is 6.32. The molecule has 1 aliphatic heterocycles. The van der Waals surface area contributed by atoms with Crippen LogP contribution in [-0.2, 0) is 20.7 Å². The number of piperazine rings is 1. The van der Waals surface area contributed by atoms with Crippen molar-refractivity contribution in [3.63, 3.8) is 0 Å². The van der Waals surface area contributed by atoms with Gasteiger partial charge in [0.05, 0.1) is 18.7 Å². The number of hydrogen-bond acceptors (Lipinski definition) is 7. The Bertz CT molecular complexity index is 928. The molecule has 3 rings (SSSR count). The van der Waals surface area contributed by atoms with Crippen LogP contribution in [0.15, 0.2) is 35.7 Å². The van der Waals surface area contributed by atoms with E-state index in [4.69, 9.17) is 4.74 Å². The summed E-state index contributed by atoms with van der Waals surface area (Å²) in [6, 6.07) is 8.82. The number of hydrogen-bond donors (Lipinski definition) is 1. The molecule has 0 spiro atoms. The molecule has 3 amide bonds. The van der Waals surface area contributed by atoms with Crippen molar-refractivity contribution >= 4 is 34.2 Å². The Morgan fingerprint density at radius 1 is 1.15 bits per heavy atom. The molecule has 0 unspecified atom stereocenters. The lowest BCUT2D eigenvalue weighted by Gasteiger charge is -2.34. The second-order valence-electron chi connectivity index (χ2n) is 7.77. The van der Waals surface area contributed by atoms with E-state index < -0.39 is 0 Å². The summed E-state index contributed by atoms with van der Waals surface area (Å²) in [5.41, 5.74) is 1.14. The molecule has 0 bridgehead atoms. The molecule has 33 heavy (non-hydrogen) atoms. The zero-order valence-electron chi connectivity index (χ0n) is 19.2. The van der Waals surface area contributed by atoms with Crippen molar-refractivity contribution in [1.29, 1.82) is 0 Å². The summed E-state index contributed by atoms with van der Waals surface area (Å²) < 4.78 is 5.09. The number of likely N-dealkylation sites (N-methyl/N-ethyl adjacent to an activating group) is 1. The standard InChI is InChI=1S/C23H31N5O4S/c1-3-26-9-11-27(12-10-26)21(30)15-19-17-33-23(24-19)25-20(29)16-28(13-14-32-2)22(31)18-7-5-4-6-8-18/h4-8,17H,3,9-16H2,1-2H3,(H,24,25,29). The molecular formula is C23H31N5O4S. The Morgan fingerprint density at radius 3 is 2.55 bits per heavy atom. The number of rotatable bonds is 10. The Morgan fingerprint density at radius 2 is 1.88 bits per heavy atom. The number of nitrogens with zero attached hydrogens (tertiary/aromatic N) is 4. The molecule has 1 aromatic carbocycles. The number of ether oxygens (including phenoxy) is 1. The summed E-state index contributed by atoms with van der Waals surface area (Å²) in [6.45, 7) is 6.85. The zero-order valence-corrected chi connectivity index (χ0v) is 20.0. The monoisotopic (exact) mass is 473 g/mol. The van der Waals surface area contributed by atoms with Crippen LogP contribution in [0.3, 0.4) is 0 Å². The Kier molecular flexibility index (Phi) is 9.35. The summed E-state index contributed by atoms with van der Waals surface area (Å²) >= 11 is 1.27. The normalized spacial score (nSPS) is 14.2. The number of anilines is 1. The van der Waals surface area contributed by atoms with Gasteiger partial charge >= 0.3 is 0 Å². The van der Waals surface area contributed by atoms with Crippen LogP contribution < -0.4 is 5.32 Å². The SMILES string of the molecule is CCN1CCN(C(=O)Cc2csc(NC(=O)CN(CCOC)C(=O)c3ccccc3)n2)CC1. The van der Waals surface area contributed by atoms with Gasteiger partial charge in [0.15, 0.2) is 5.13 Å². The van der Waals surface area contributed by atoms with Crippen molar-refractivity contribution in [2.24, 2.45) is 0 Å². The lowest BCUT2D eigenvalue weighted by atomic mass is 10.2. The van der Waals surface area contributed by atoms with Crippen molar-refractivity contribution < 1.29 is 19.1 Å². The molecule has 178 valence electrons. The fourth-order valence-electron chi connectivity index (χ4n) is 3.58. The number of carbonyl (C=O) groups is 3. The topological polar surface area (TPSA) is 95.1 Å². The van der Waals surface area contributed by atoms with Gasteiger partial charge in [0.2, 0.25) is 11.8 Å². The number of methoxy groups -OCH3 is 1. The van der Waals surface area contributed by atoms with E-state index in [1.165, 1.54) is 16.2 Å². The highest BCUT2D eigenvalue weighted by molar-refractivity contribution is 7.13. The summed E-state index contributed by atoms with van der Waals surface area (Å²) in [6.07, 6.45) is 0.213. The highest BCUT2D eigenvalue weighted by Gasteiger charge is 2.22. The van der Waals surface area contributed by atoms with Crippen LogP contribution in [0.1, 0.15) is 23.0 Å². The third-order valence-electron chi connectivity index (χ3n) is 5.51. The molecule has 1 aliphatic rings. The van der Waals surface area contributed by atoms with Crippen molar-refractivity contribution in [2.45, 2.75) is 13.3 Å². The Hall–Kier alpha value is -2.82. The number of carbonyl (C=O) groups excluding carboxylic acids is 3. The molecule has 1 N–H and O–H groups in total. The summed E-state index contributed by atoms with van der Waals surface area (Å²) in [5, 5.41) is 4.94. The van der Waals surface area contributed by atoms with Crippen LogP contribution in [0.4, 0.5) is 5.13 Å². The number of thiazole rings is 1. The minimum absolute atomic E-state index is 0.0492. The molecule has 1 fully saturated rings. The summed E-state index contributed by atoms with van der Waals surface area (Å²) in [5.74, 6) is -0.539. The predicted octanol–water partition coefficient (Wildman–Crippen LogP) is 1.58. The number of aromatic nitrogens is 1. The predicted molar refractivity (Wildman–Crippen MR) is 127 cm³/mol. The molecule has 2 heterocycles. The quantitative estimate of drug-likeness (QED) is 0.563. The van der Waals surface area contributed by atoms with Crippen molar-refractivity contribution in [1.82, 2.24) is 19.7 Å². The highest BCUT2D eigenvalue weighted by atomic mass is 32.1. The summed E-state index contributed by atoms with van der Waals surface area (Å²) in [7, 11) is 1.55. The zero-order chi connectivity index (χ0) is 23.6. The Labute approximate surface area is 198 Å². The smallest absolute Gasteiger partial charge is 0.254 e. The van der Waals surface area contributed by atoms with Crippen molar-refractivity contribution in [2.75, 3.05) is 64.8 Å². The molecular weight excluding hydrogens is 442 g/mol. The van der Waals surface area contributed by atoms with Crippen molar-refractivity contribution in [3.05, 3.63) is 47.0 Å². The largest absolute Gasteiger partial charge is 0.383 e. The van der Waals surface area contributed by atoms with Gasteiger partial charge in [-0.1, -0.05) is 25.1 Å². The second-order valence-corrected chi connectivity index (χ2v) is 8.63. The van der Waals surface area contributed by atoms with E-state index in [1.807, 2.05) is 11.0 Å². The number of nitrogens with one attached hydrogen (secondary N) is 1. The first kappa shape index (κ1) is 24.8. The number of benzene rings is 1. The summed E-state index contributed by atoms with van der Waals surface area (Å²) in [4.78, 5) is 48.0.